The van der Waals surface area contributed by atoms with Crippen molar-refractivity contribution in [1.82, 2.24) is 0 Å². The minimum absolute atomic E-state index is 0.0138. The lowest BCUT2D eigenvalue weighted by molar-refractivity contribution is 0.310. The largest absolute Gasteiger partial charge is 0.493 e. The van der Waals surface area contributed by atoms with Crippen LogP contribution in [0, 0.1) is 0 Å². The molecular weight excluding hydrogens is 288 g/mol. The van der Waals surface area contributed by atoms with Crippen LogP contribution in [0.1, 0.15) is 45.6 Å². The third kappa shape index (κ3) is 6.85. The summed E-state index contributed by atoms with van der Waals surface area (Å²) in [6.45, 7) is 8.43. The number of sulfone groups is 1. The molecule has 122 valence electrons. The summed E-state index contributed by atoms with van der Waals surface area (Å²) in [7, 11) is -1.41. The Bertz CT molecular complexity index is 509. The topological polar surface area (TPSA) is 52.6 Å². The van der Waals surface area contributed by atoms with Crippen LogP contribution in [-0.4, -0.2) is 34.1 Å². The Labute approximate surface area is 129 Å². The Balaban J connectivity index is 0.00000191. The van der Waals surface area contributed by atoms with Crippen molar-refractivity contribution in [3.63, 3.8) is 0 Å². The predicted molar refractivity (Wildman–Crippen MR) is 88.3 cm³/mol. The van der Waals surface area contributed by atoms with Crippen LogP contribution in [0.2, 0.25) is 0 Å². The van der Waals surface area contributed by atoms with Crippen molar-refractivity contribution in [3.8, 4) is 11.5 Å². The second kappa shape index (κ2) is 9.66. The lowest BCUT2D eigenvalue weighted by Crippen LogP contribution is -2.13. The standard InChI is InChI=1S/C14H22O4S.C2H6/c1-5-11(10-19(4,15)16)12-7-8-13(17-3)14(9-12)18-6-2;1-2/h7-9,11H,5-6,10H2,1-4H3;1-2H3. The zero-order valence-corrected chi connectivity index (χ0v) is 14.8. The second-order valence-electron chi connectivity index (χ2n) is 4.54. The maximum atomic E-state index is 11.5. The zero-order chi connectivity index (χ0) is 16.5. The van der Waals surface area contributed by atoms with Gasteiger partial charge in [0.05, 0.1) is 19.5 Å². The molecule has 0 heterocycles. The molecule has 0 aliphatic carbocycles. The van der Waals surface area contributed by atoms with Gasteiger partial charge in [0.2, 0.25) is 0 Å². The summed E-state index contributed by atoms with van der Waals surface area (Å²) in [4.78, 5) is 0. The van der Waals surface area contributed by atoms with Crippen molar-refractivity contribution in [3.05, 3.63) is 23.8 Å². The average molecular weight is 316 g/mol. The first-order chi connectivity index (χ1) is 9.91. The summed E-state index contributed by atoms with van der Waals surface area (Å²) < 4.78 is 33.6. The molecule has 0 saturated carbocycles. The number of benzene rings is 1. The van der Waals surface area contributed by atoms with Crippen molar-refractivity contribution in [1.29, 1.82) is 0 Å². The lowest BCUT2D eigenvalue weighted by Gasteiger charge is -2.17. The number of hydrogen-bond acceptors (Lipinski definition) is 4. The number of rotatable bonds is 7. The molecule has 1 rings (SSSR count). The van der Waals surface area contributed by atoms with Crippen LogP contribution >= 0.6 is 0 Å². The summed E-state index contributed by atoms with van der Waals surface area (Å²) in [5.74, 6) is 1.47. The average Bonchev–Trinajstić information content (AvgIpc) is 2.46. The summed E-state index contributed by atoms with van der Waals surface area (Å²) in [6.07, 6.45) is 2.04. The van der Waals surface area contributed by atoms with E-state index < -0.39 is 9.84 Å². The number of ether oxygens (including phenoxy) is 2. The molecule has 0 aliphatic heterocycles. The van der Waals surface area contributed by atoms with Gasteiger partial charge >= 0.3 is 0 Å². The first-order valence-corrected chi connectivity index (χ1v) is 9.45. The van der Waals surface area contributed by atoms with Crippen LogP contribution in [0.3, 0.4) is 0 Å². The maximum absolute atomic E-state index is 11.5. The molecule has 0 aromatic heterocycles. The van der Waals surface area contributed by atoms with Crippen LogP contribution in [-0.2, 0) is 9.84 Å². The van der Waals surface area contributed by atoms with Crippen LogP contribution in [0.4, 0.5) is 0 Å². The quantitative estimate of drug-likeness (QED) is 0.770. The molecule has 0 bridgehead atoms. The molecule has 0 spiro atoms. The van der Waals surface area contributed by atoms with E-state index in [4.69, 9.17) is 9.47 Å². The molecule has 21 heavy (non-hydrogen) atoms. The van der Waals surface area contributed by atoms with Gasteiger partial charge < -0.3 is 9.47 Å². The summed E-state index contributed by atoms with van der Waals surface area (Å²) in [6, 6.07) is 5.60. The van der Waals surface area contributed by atoms with Crippen molar-refractivity contribution < 1.29 is 17.9 Å². The monoisotopic (exact) mass is 316 g/mol. The third-order valence-corrected chi connectivity index (χ3v) is 3.96. The Kier molecular flexibility index (Phi) is 9.09. The van der Waals surface area contributed by atoms with Crippen LogP contribution in [0.25, 0.3) is 0 Å². The van der Waals surface area contributed by atoms with Gasteiger partial charge in [-0.15, -0.1) is 0 Å². The molecular formula is C16H28O4S. The van der Waals surface area contributed by atoms with E-state index in [0.29, 0.717) is 18.1 Å². The van der Waals surface area contributed by atoms with Gasteiger partial charge in [-0.2, -0.15) is 0 Å². The van der Waals surface area contributed by atoms with E-state index in [-0.39, 0.29) is 11.7 Å². The van der Waals surface area contributed by atoms with Gasteiger partial charge in [-0.1, -0.05) is 26.8 Å². The first kappa shape index (κ1) is 19.8. The third-order valence-electron chi connectivity index (χ3n) is 2.96. The van der Waals surface area contributed by atoms with Crippen molar-refractivity contribution in [2.24, 2.45) is 0 Å². The molecule has 4 nitrogen and oxygen atoms in total. The molecule has 5 heteroatoms. The molecule has 0 radical (unpaired) electrons. The van der Waals surface area contributed by atoms with E-state index in [0.717, 1.165) is 12.0 Å². The van der Waals surface area contributed by atoms with Gasteiger partial charge in [0.15, 0.2) is 11.5 Å². The fourth-order valence-corrected chi connectivity index (χ4v) is 3.19. The maximum Gasteiger partial charge on any atom is 0.161 e. The highest BCUT2D eigenvalue weighted by atomic mass is 32.2. The van der Waals surface area contributed by atoms with Crippen LogP contribution in [0.15, 0.2) is 18.2 Å². The van der Waals surface area contributed by atoms with E-state index in [9.17, 15) is 8.42 Å². The van der Waals surface area contributed by atoms with Crippen molar-refractivity contribution in [2.75, 3.05) is 25.7 Å². The molecule has 1 aromatic rings. The normalized spacial score (nSPS) is 12.1. The van der Waals surface area contributed by atoms with Gasteiger partial charge in [0.25, 0.3) is 0 Å². The van der Waals surface area contributed by atoms with Gasteiger partial charge in [0.1, 0.15) is 9.84 Å². The van der Waals surface area contributed by atoms with Gasteiger partial charge in [0, 0.05) is 6.26 Å². The van der Waals surface area contributed by atoms with Crippen LogP contribution in [0.5, 0.6) is 11.5 Å². The molecule has 1 atom stereocenters. The highest BCUT2D eigenvalue weighted by Gasteiger charge is 2.17. The summed E-state index contributed by atoms with van der Waals surface area (Å²) in [5.41, 5.74) is 0.970. The minimum Gasteiger partial charge on any atom is -0.493 e. The molecule has 0 fully saturated rings. The Morgan fingerprint density at radius 3 is 2.19 bits per heavy atom. The van der Waals surface area contributed by atoms with Crippen molar-refractivity contribution in [2.45, 2.75) is 40.0 Å². The van der Waals surface area contributed by atoms with E-state index in [1.807, 2.05) is 45.9 Å². The summed E-state index contributed by atoms with van der Waals surface area (Å²) in [5, 5.41) is 0. The SMILES string of the molecule is CC.CCOc1cc(C(CC)CS(C)(=O)=O)ccc1OC. The predicted octanol–water partition coefficient (Wildman–Crippen LogP) is 3.66. The lowest BCUT2D eigenvalue weighted by atomic mass is 9.98. The fourth-order valence-electron chi connectivity index (χ4n) is 2.03. The molecule has 0 saturated heterocycles. The van der Waals surface area contributed by atoms with E-state index in [2.05, 4.69) is 0 Å². The summed E-state index contributed by atoms with van der Waals surface area (Å²) >= 11 is 0. The number of hydrogen-bond donors (Lipinski definition) is 0. The van der Waals surface area contributed by atoms with E-state index in [1.54, 1.807) is 7.11 Å². The molecule has 0 aliphatic rings. The molecule has 0 N–H and O–H groups in total. The van der Waals surface area contributed by atoms with E-state index in [1.165, 1.54) is 6.26 Å². The number of methoxy groups -OCH3 is 1. The van der Waals surface area contributed by atoms with Crippen LogP contribution < -0.4 is 9.47 Å². The van der Waals surface area contributed by atoms with Crippen molar-refractivity contribution >= 4 is 9.84 Å². The van der Waals surface area contributed by atoms with Gasteiger partial charge in [-0.25, -0.2) is 8.42 Å². The first-order valence-electron chi connectivity index (χ1n) is 7.39. The molecule has 0 amide bonds. The molecule has 1 aromatic carbocycles. The highest BCUT2D eigenvalue weighted by molar-refractivity contribution is 7.90. The fraction of sp³-hybridized carbons (Fsp3) is 0.625. The second-order valence-corrected chi connectivity index (χ2v) is 6.73. The smallest absolute Gasteiger partial charge is 0.161 e. The minimum atomic E-state index is -3.00. The van der Waals surface area contributed by atoms with Gasteiger partial charge in [-0.05, 0) is 37.0 Å². The Morgan fingerprint density at radius 2 is 1.76 bits per heavy atom. The van der Waals surface area contributed by atoms with Gasteiger partial charge in [-0.3, -0.25) is 0 Å². The van der Waals surface area contributed by atoms with E-state index >= 15 is 0 Å². The molecule has 1 unspecified atom stereocenters. The Morgan fingerprint density at radius 1 is 1.14 bits per heavy atom. The Hall–Kier alpha value is -1.23. The highest BCUT2D eigenvalue weighted by Crippen LogP contribution is 2.32. The zero-order valence-electron chi connectivity index (χ0n) is 14.0.